The molecule has 0 radical (unpaired) electrons. The van der Waals surface area contributed by atoms with Crippen molar-refractivity contribution in [2.24, 2.45) is 17.8 Å². The van der Waals surface area contributed by atoms with Crippen LogP contribution in [0.5, 0.6) is 0 Å². The van der Waals surface area contributed by atoms with E-state index in [1.807, 2.05) is 0 Å². The van der Waals surface area contributed by atoms with E-state index in [1.54, 1.807) is 0 Å². The number of rotatable bonds is 7. The van der Waals surface area contributed by atoms with Crippen LogP contribution < -0.4 is 11.1 Å². The molecule has 1 atom stereocenters. The van der Waals surface area contributed by atoms with E-state index in [9.17, 15) is 9.90 Å². The number of fused-ring (bicyclic) bond motifs is 1. The van der Waals surface area contributed by atoms with E-state index in [-0.39, 0.29) is 17.7 Å². The minimum absolute atomic E-state index is 0.181. The number of H-pyrrole nitrogens is 1. The molecule has 3 aliphatic carbocycles. The summed E-state index contributed by atoms with van der Waals surface area (Å²) in [5.74, 6) is 3.09. The molecule has 10 nitrogen and oxygen atoms in total. The van der Waals surface area contributed by atoms with Crippen molar-refractivity contribution < 1.29 is 9.63 Å². The van der Waals surface area contributed by atoms with Crippen LogP contribution >= 0.6 is 0 Å². The van der Waals surface area contributed by atoms with Crippen LogP contribution in [0.4, 0.5) is 5.82 Å². The van der Waals surface area contributed by atoms with Gasteiger partial charge in [-0.2, -0.15) is 0 Å². The minimum Gasteiger partial charge on any atom is -0.382 e. The molecule has 0 unspecified atom stereocenters. The van der Waals surface area contributed by atoms with Crippen molar-refractivity contribution in [1.82, 2.24) is 29.7 Å². The molecule has 0 spiro atoms. The first-order valence-corrected chi connectivity index (χ1v) is 14.2. The number of anilines is 1. The molecule has 0 aromatic carbocycles. The van der Waals surface area contributed by atoms with Crippen LogP contribution in [-0.2, 0) is 12.1 Å². The summed E-state index contributed by atoms with van der Waals surface area (Å²) in [5.41, 5.74) is 0.392. The van der Waals surface area contributed by atoms with Gasteiger partial charge in [0.2, 0.25) is 11.6 Å². The molecule has 200 valence electrons. The summed E-state index contributed by atoms with van der Waals surface area (Å²) < 4.78 is 6.97. The number of hydrogen-bond donors (Lipinski definition) is 3. The largest absolute Gasteiger partial charge is 0.439 e. The molecule has 0 bridgehead atoms. The summed E-state index contributed by atoms with van der Waals surface area (Å²) in [7, 11) is 0. The van der Waals surface area contributed by atoms with Crippen LogP contribution in [-0.4, -0.2) is 40.8 Å². The third-order valence-corrected chi connectivity index (χ3v) is 9.15. The van der Waals surface area contributed by atoms with Crippen molar-refractivity contribution in [1.29, 1.82) is 0 Å². The Morgan fingerprint density at radius 3 is 2.49 bits per heavy atom. The fourth-order valence-corrected chi connectivity index (χ4v) is 6.51. The van der Waals surface area contributed by atoms with Gasteiger partial charge >= 0.3 is 5.76 Å². The van der Waals surface area contributed by atoms with E-state index in [0.717, 1.165) is 37.2 Å². The fourth-order valence-electron chi connectivity index (χ4n) is 6.51. The first-order chi connectivity index (χ1) is 17.9. The molecule has 3 fully saturated rings. The lowest BCUT2D eigenvalue weighted by Gasteiger charge is -2.34. The molecule has 10 heteroatoms. The molecule has 0 aliphatic heterocycles. The van der Waals surface area contributed by atoms with Gasteiger partial charge in [0.25, 0.3) is 0 Å². The average molecular weight is 510 g/mol. The lowest BCUT2D eigenvalue weighted by Crippen LogP contribution is -2.33. The van der Waals surface area contributed by atoms with Gasteiger partial charge in [-0.15, -0.1) is 0 Å². The number of aromatic amines is 1. The Balaban J connectivity index is 1.49. The smallest absolute Gasteiger partial charge is 0.382 e. The summed E-state index contributed by atoms with van der Waals surface area (Å²) in [6.45, 7) is 5.34. The average Bonchev–Trinajstić information content (AvgIpc) is 3.44. The Bertz CT molecular complexity index is 1290. The third-order valence-electron chi connectivity index (χ3n) is 9.15. The highest BCUT2D eigenvalue weighted by atomic mass is 16.5. The monoisotopic (exact) mass is 509 g/mol. The molecule has 0 saturated heterocycles. The summed E-state index contributed by atoms with van der Waals surface area (Å²) in [4.78, 5) is 28.8. The van der Waals surface area contributed by atoms with Crippen LogP contribution in [0.1, 0.15) is 96.7 Å². The van der Waals surface area contributed by atoms with E-state index in [4.69, 9.17) is 19.5 Å². The van der Waals surface area contributed by atoms with Crippen molar-refractivity contribution in [3.63, 3.8) is 0 Å². The third kappa shape index (κ3) is 4.80. The van der Waals surface area contributed by atoms with Crippen molar-refractivity contribution in [2.45, 2.75) is 109 Å². The quantitative estimate of drug-likeness (QED) is 0.415. The van der Waals surface area contributed by atoms with E-state index >= 15 is 0 Å². The van der Waals surface area contributed by atoms with Gasteiger partial charge in [-0.1, -0.05) is 50.6 Å². The SMILES string of the molecule is C[C@@H](Nc1nc(-c2noc(=O)[nH]2)nc2nc(C3(O)CCCCC3)n(C[C@H]3CC[C@H](C)CC3)c12)C1CCC1. The van der Waals surface area contributed by atoms with E-state index in [2.05, 4.69) is 33.9 Å². The maximum Gasteiger partial charge on any atom is 0.439 e. The van der Waals surface area contributed by atoms with Gasteiger partial charge in [0.1, 0.15) is 16.9 Å². The standard InChI is InChI=1S/C27H39N7O3/c1-16-9-11-18(12-10-16)15-34-20-21(28-17(2)19-7-6-8-19)29-23(24-32-26(35)37-33-24)30-22(20)31-25(34)27(36)13-4-3-5-14-27/h16-19,36H,3-15H2,1-2H3,(H,28,29,30)(H,32,33,35)/t16-,17-,18-/m1/s1. The normalized spacial score (nSPS) is 25.2. The zero-order chi connectivity index (χ0) is 25.6. The van der Waals surface area contributed by atoms with Crippen molar-refractivity contribution >= 4 is 17.0 Å². The lowest BCUT2D eigenvalue weighted by molar-refractivity contribution is -0.0123. The van der Waals surface area contributed by atoms with Crippen LogP contribution in [0, 0.1) is 17.8 Å². The Hall–Kier alpha value is -2.75. The van der Waals surface area contributed by atoms with Gasteiger partial charge in [-0.3, -0.25) is 9.51 Å². The van der Waals surface area contributed by atoms with E-state index in [1.165, 1.54) is 44.9 Å². The molecule has 3 heterocycles. The zero-order valence-corrected chi connectivity index (χ0v) is 22.0. The maximum atomic E-state index is 11.9. The number of imidazole rings is 1. The number of aliphatic hydroxyl groups is 1. The second-order valence-electron chi connectivity index (χ2n) is 11.9. The highest BCUT2D eigenvalue weighted by molar-refractivity contribution is 5.86. The maximum absolute atomic E-state index is 11.9. The summed E-state index contributed by atoms with van der Waals surface area (Å²) in [6, 6.07) is 0.233. The molecule has 3 aromatic rings. The predicted molar refractivity (Wildman–Crippen MR) is 140 cm³/mol. The van der Waals surface area contributed by atoms with Crippen molar-refractivity contribution in [2.75, 3.05) is 5.32 Å². The molecule has 0 amide bonds. The molecular formula is C27H39N7O3. The highest BCUT2D eigenvalue weighted by Gasteiger charge is 2.38. The molecular weight excluding hydrogens is 470 g/mol. The molecule has 3 aliphatic rings. The van der Waals surface area contributed by atoms with Gasteiger partial charge in [-0.25, -0.2) is 19.7 Å². The summed E-state index contributed by atoms with van der Waals surface area (Å²) in [6.07, 6.45) is 13.0. The fraction of sp³-hybridized carbons (Fsp3) is 0.741. The van der Waals surface area contributed by atoms with Crippen LogP contribution in [0.15, 0.2) is 9.32 Å². The van der Waals surface area contributed by atoms with Crippen molar-refractivity contribution in [3.05, 3.63) is 16.4 Å². The first kappa shape index (κ1) is 24.6. The summed E-state index contributed by atoms with van der Waals surface area (Å²) >= 11 is 0. The predicted octanol–water partition coefficient (Wildman–Crippen LogP) is 4.75. The first-order valence-electron chi connectivity index (χ1n) is 14.2. The van der Waals surface area contributed by atoms with Crippen molar-refractivity contribution in [3.8, 4) is 11.6 Å². The lowest BCUT2D eigenvalue weighted by atomic mass is 9.80. The highest BCUT2D eigenvalue weighted by Crippen LogP contribution is 2.41. The summed E-state index contributed by atoms with van der Waals surface area (Å²) in [5, 5.41) is 19.4. The molecule has 37 heavy (non-hydrogen) atoms. The number of hydrogen-bond acceptors (Lipinski definition) is 8. The van der Waals surface area contributed by atoms with Gasteiger partial charge in [0, 0.05) is 12.6 Å². The Morgan fingerprint density at radius 2 is 1.84 bits per heavy atom. The second-order valence-corrected chi connectivity index (χ2v) is 11.9. The minimum atomic E-state index is -0.972. The molecule has 3 saturated carbocycles. The van der Waals surface area contributed by atoms with Gasteiger partial charge in [-0.05, 0) is 63.2 Å². The van der Waals surface area contributed by atoms with E-state index in [0.29, 0.717) is 42.0 Å². The van der Waals surface area contributed by atoms with Crippen LogP contribution in [0.3, 0.4) is 0 Å². The number of nitrogens with zero attached hydrogens (tertiary/aromatic N) is 5. The Morgan fingerprint density at radius 1 is 1.08 bits per heavy atom. The Labute approximate surface area is 216 Å². The molecule has 6 rings (SSSR count). The van der Waals surface area contributed by atoms with Crippen LogP contribution in [0.2, 0.25) is 0 Å². The number of nitrogens with one attached hydrogen (secondary N) is 2. The van der Waals surface area contributed by atoms with E-state index < -0.39 is 11.4 Å². The zero-order valence-electron chi connectivity index (χ0n) is 22.0. The number of aromatic nitrogens is 6. The second kappa shape index (κ2) is 9.85. The van der Waals surface area contributed by atoms with Gasteiger partial charge in [0.15, 0.2) is 11.5 Å². The Kier molecular flexibility index (Phi) is 6.54. The molecule has 3 N–H and O–H groups in total. The topological polar surface area (TPSA) is 135 Å². The van der Waals surface area contributed by atoms with Crippen LogP contribution in [0.25, 0.3) is 22.8 Å². The van der Waals surface area contributed by atoms with Gasteiger partial charge < -0.3 is 15.0 Å². The van der Waals surface area contributed by atoms with Gasteiger partial charge in [0.05, 0.1) is 0 Å². The molecule has 3 aromatic heterocycles.